The van der Waals surface area contributed by atoms with Gasteiger partial charge in [-0.2, -0.15) is 4.99 Å². The average molecular weight is 241 g/mol. The van der Waals surface area contributed by atoms with Crippen LogP contribution in [0.5, 0.6) is 0 Å². The van der Waals surface area contributed by atoms with Crippen LogP contribution >= 0.6 is 11.8 Å². The Labute approximate surface area is 104 Å². The first-order valence-electron chi connectivity index (χ1n) is 5.16. The van der Waals surface area contributed by atoms with E-state index in [1.807, 2.05) is 18.2 Å². The van der Waals surface area contributed by atoms with E-state index in [9.17, 15) is 4.79 Å². The summed E-state index contributed by atoms with van der Waals surface area (Å²) in [6, 6.07) is 15.8. The third-order valence-electron chi connectivity index (χ3n) is 2.44. The predicted molar refractivity (Wildman–Crippen MR) is 71.4 cm³/mol. The lowest BCUT2D eigenvalue weighted by atomic mass is 10.1. The predicted octanol–water partition coefficient (Wildman–Crippen LogP) is 4.04. The third-order valence-corrected chi connectivity index (χ3v) is 3.19. The fourth-order valence-corrected chi connectivity index (χ4v) is 2.00. The number of thioether (sulfide) groups is 1. The summed E-state index contributed by atoms with van der Waals surface area (Å²) in [5.74, 6) is 0. The largest absolute Gasteiger partial charge is 0.240 e. The first-order valence-corrected chi connectivity index (χ1v) is 6.38. The van der Waals surface area contributed by atoms with Gasteiger partial charge >= 0.3 is 0 Å². The van der Waals surface area contributed by atoms with E-state index in [0.29, 0.717) is 5.69 Å². The first kappa shape index (κ1) is 11.6. The third kappa shape index (κ3) is 2.84. The summed E-state index contributed by atoms with van der Waals surface area (Å²) < 4.78 is 0. The molecule has 0 aliphatic rings. The summed E-state index contributed by atoms with van der Waals surface area (Å²) in [5, 5.41) is 0. The Morgan fingerprint density at radius 3 is 2.47 bits per heavy atom. The smallest absolute Gasteiger partial charge is 0.211 e. The molecule has 0 spiro atoms. The van der Waals surface area contributed by atoms with E-state index in [2.05, 4.69) is 35.5 Å². The van der Waals surface area contributed by atoms with Gasteiger partial charge in [0.2, 0.25) is 6.08 Å². The highest BCUT2D eigenvalue weighted by atomic mass is 32.2. The minimum atomic E-state index is 0.631. The van der Waals surface area contributed by atoms with Crippen molar-refractivity contribution in [3.8, 4) is 11.1 Å². The number of carbonyl (C=O) groups excluding carboxylic acids is 1. The Kier molecular flexibility index (Phi) is 3.76. The van der Waals surface area contributed by atoms with E-state index in [0.717, 1.165) is 11.1 Å². The molecule has 2 aromatic carbocycles. The van der Waals surface area contributed by atoms with Crippen LogP contribution in [0.25, 0.3) is 11.1 Å². The molecule has 0 unspecified atom stereocenters. The molecule has 0 amide bonds. The fraction of sp³-hybridized carbons (Fsp3) is 0.0714. The first-order chi connectivity index (χ1) is 8.33. The van der Waals surface area contributed by atoms with E-state index in [-0.39, 0.29) is 0 Å². The van der Waals surface area contributed by atoms with Crippen LogP contribution in [0, 0.1) is 0 Å². The maximum absolute atomic E-state index is 10.2. The Balaban J connectivity index is 2.38. The highest BCUT2D eigenvalue weighted by Gasteiger charge is 1.99. The van der Waals surface area contributed by atoms with Gasteiger partial charge in [-0.3, -0.25) is 0 Å². The summed E-state index contributed by atoms with van der Waals surface area (Å²) in [6.45, 7) is 0. The van der Waals surface area contributed by atoms with E-state index in [1.165, 1.54) is 4.90 Å². The topological polar surface area (TPSA) is 29.4 Å². The molecule has 17 heavy (non-hydrogen) atoms. The van der Waals surface area contributed by atoms with Crippen molar-refractivity contribution in [2.24, 2.45) is 4.99 Å². The number of isocyanates is 1. The van der Waals surface area contributed by atoms with Gasteiger partial charge in [0.25, 0.3) is 0 Å². The lowest BCUT2D eigenvalue weighted by molar-refractivity contribution is 0.565. The monoisotopic (exact) mass is 241 g/mol. The van der Waals surface area contributed by atoms with Crippen molar-refractivity contribution in [1.82, 2.24) is 0 Å². The van der Waals surface area contributed by atoms with Crippen LogP contribution in [0.4, 0.5) is 5.69 Å². The molecular weight excluding hydrogens is 230 g/mol. The number of benzene rings is 2. The van der Waals surface area contributed by atoms with Crippen LogP contribution in [0.2, 0.25) is 0 Å². The molecule has 0 aromatic heterocycles. The Hall–Kier alpha value is -1.83. The van der Waals surface area contributed by atoms with Gasteiger partial charge in [-0.25, -0.2) is 4.79 Å². The lowest BCUT2D eigenvalue weighted by Gasteiger charge is -2.03. The van der Waals surface area contributed by atoms with Crippen molar-refractivity contribution < 1.29 is 4.79 Å². The maximum atomic E-state index is 10.2. The van der Waals surface area contributed by atoms with Gasteiger partial charge in [-0.1, -0.05) is 24.3 Å². The van der Waals surface area contributed by atoms with Crippen LogP contribution in [0.1, 0.15) is 0 Å². The Bertz CT molecular complexity index is 557. The molecule has 0 saturated heterocycles. The summed E-state index contributed by atoms with van der Waals surface area (Å²) in [7, 11) is 0. The summed E-state index contributed by atoms with van der Waals surface area (Å²) in [6.07, 6.45) is 3.60. The van der Waals surface area contributed by atoms with Crippen molar-refractivity contribution in [3.05, 3.63) is 48.5 Å². The van der Waals surface area contributed by atoms with Gasteiger partial charge < -0.3 is 0 Å². The van der Waals surface area contributed by atoms with Crippen LogP contribution in [0.15, 0.2) is 58.4 Å². The second kappa shape index (κ2) is 5.48. The number of hydrogen-bond donors (Lipinski definition) is 0. The molecule has 2 aromatic rings. The molecule has 0 radical (unpaired) electrons. The zero-order chi connectivity index (χ0) is 12.1. The van der Waals surface area contributed by atoms with Gasteiger partial charge in [0.15, 0.2) is 0 Å². The molecule has 2 rings (SSSR count). The number of aliphatic imine (C=N–C) groups is 1. The minimum absolute atomic E-state index is 0.631. The standard InChI is InChI=1S/C14H11NOS/c1-17-14-7-5-11(6-8-14)12-3-2-4-13(9-12)15-10-16/h2-9H,1H3. The molecule has 0 aliphatic carbocycles. The molecule has 0 aliphatic heterocycles. The van der Waals surface area contributed by atoms with Crippen molar-refractivity contribution in [2.45, 2.75) is 4.90 Å². The molecule has 2 nitrogen and oxygen atoms in total. The molecule has 0 fully saturated rings. The van der Waals surface area contributed by atoms with Crippen molar-refractivity contribution in [3.63, 3.8) is 0 Å². The lowest BCUT2D eigenvalue weighted by Crippen LogP contribution is -1.77. The maximum Gasteiger partial charge on any atom is 0.240 e. The van der Waals surface area contributed by atoms with E-state index < -0.39 is 0 Å². The second-order valence-corrected chi connectivity index (χ2v) is 4.36. The molecule has 0 bridgehead atoms. The summed E-state index contributed by atoms with van der Waals surface area (Å²) >= 11 is 1.71. The molecule has 0 N–H and O–H groups in total. The van der Waals surface area contributed by atoms with E-state index >= 15 is 0 Å². The molecular formula is C14H11NOS. The van der Waals surface area contributed by atoms with Crippen LogP contribution < -0.4 is 0 Å². The van der Waals surface area contributed by atoms with Crippen LogP contribution in [0.3, 0.4) is 0 Å². The molecule has 0 atom stereocenters. The fourth-order valence-electron chi connectivity index (χ4n) is 1.59. The quantitative estimate of drug-likeness (QED) is 0.461. The van der Waals surface area contributed by atoms with Gasteiger partial charge in [0.05, 0.1) is 5.69 Å². The van der Waals surface area contributed by atoms with Crippen LogP contribution in [-0.2, 0) is 4.79 Å². The Morgan fingerprint density at radius 1 is 1.06 bits per heavy atom. The SMILES string of the molecule is CSc1ccc(-c2cccc(N=C=O)c2)cc1. The normalized spacial score (nSPS) is 9.71. The highest BCUT2D eigenvalue weighted by molar-refractivity contribution is 7.98. The highest BCUT2D eigenvalue weighted by Crippen LogP contribution is 2.25. The van der Waals surface area contributed by atoms with Gasteiger partial charge in [-0.05, 0) is 41.6 Å². The van der Waals surface area contributed by atoms with Crippen molar-refractivity contribution in [2.75, 3.05) is 6.26 Å². The van der Waals surface area contributed by atoms with Crippen molar-refractivity contribution >= 4 is 23.5 Å². The average Bonchev–Trinajstić information content (AvgIpc) is 2.40. The van der Waals surface area contributed by atoms with Crippen molar-refractivity contribution in [1.29, 1.82) is 0 Å². The van der Waals surface area contributed by atoms with Gasteiger partial charge in [-0.15, -0.1) is 11.8 Å². The van der Waals surface area contributed by atoms with Crippen LogP contribution in [-0.4, -0.2) is 12.3 Å². The van der Waals surface area contributed by atoms with Gasteiger partial charge in [0.1, 0.15) is 0 Å². The molecule has 84 valence electrons. The number of nitrogens with zero attached hydrogens (tertiary/aromatic N) is 1. The zero-order valence-electron chi connectivity index (χ0n) is 9.38. The van der Waals surface area contributed by atoms with E-state index in [1.54, 1.807) is 23.9 Å². The Morgan fingerprint density at radius 2 is 1.82 bits per heavy atom. The van der Waals surface area contributed by atoms with Gasteiger partial charge in [0, 0.05) is 4.90 Å². The second-order valence-electron chi connectivity index (χ2n) is 3.48. The summed E-state index contributed by atoms with van der Waals surface area (Å²) in [5.41, 5.74) is 2.80. The molecule has 3 heteroatoms. The molecule has 0 saturated carbocycles. The molecule has 0 heterocycles. The van der Waals surface area contributed by atoms with E-state index in [4.69, 9.17) is 0 Å². The minimum Gasteiger partial charge on any atom is -0.211 e. The summed E-state index contributed by atoms with van der Waals surface area (Å²) in [4.78, 5) is 15.1. The number of hydrogen-bond acceptors (Lipinski definition) is 3. The zero-order valence-corrected chi connectivity index (χ0v) is 10.2. The number of rotatable bonds is 3.